The lowest BCUT2D eigenvalue weighted by Gasteiger charge is -2.19. The maximum atomic E-state index is 13.6. The number of hydrogen-bond acceptors (Lipinski definition) is 4. The summed E-state index contributed by atoms with van der Waals surface area (Å²) < 4.78 is 13.6. The number of hydrogen-bond donors (Lipinski definition) is 2. The van der Waals surface area contributed by atoms with Gasteiger partial charge in [0.2, 0.25) is 11.7 Å². The number of nitrogens with one attached hydrogen (secondary N) is 1. The summed E-state index contributed by atoms with van der Waals surface area (Å²) in [6, 6.07) is 2.53. The van der Waals surface area contributed by atoms with Crippen molar-refractivity contribution >= 4 is 23.1 Å². The highest BCUT2D eigenvalue weighted by atomic mass is 19.1. The smallest absolute Gasteiger partial charge is 0.221 e. The molecule has 0 heterocycles. The molecule has 2 rings (SSSR count). The number of carbonyl (C=O) groups is 2. The zero-order valence-electron chi connectivity index (χ0n) is 9.66. The van der Waals surface area contributed by atoms with E-state index in [0.29, 0.717) is 0 Å². The summed E-state index contributed by atoms with van der Waals surface area (Å²) in [6.45, 7) is 1.30. The summed E-state index contributed by atoms with van der Waals surface area (Å²) in [5, 5.41) is 14.1. The minimum Gasteiger partial charge on any atom is -0.411 e. The van der Waals surface area contributed by atoms with Crippen LogP contribution in [0.5, 0.6) is 0 Å². The third-order valence-corrected chi connectivity index (χ3v) is 2.79. The fourth-order valence-corrected chi connectivity index (χ4v) is 2.02. The van der Waals surface area contributed by atoms with E-state index in [-0.39, 0.29) is 41.3 Å². The second kappa shape index (κ2) is 4.56. The number of benzene rings is 1. The average Bonchev–Trinajstić information content (AvgIpc) is 2.32. The van der Waals surface area contributed by atoms with E-state index >= 15 is 0 Å². The Morgan fingerprint density at radius 1 is 1.44 bits per heavy atom. The van der Waals surface area contributed by atoms with Crippen LogP contribution >= 0.6 is 0 Å². The van der Waals surface area contributed by atoms with E-state index in [1.807, 2.05) is 0 Å². The van der Waals surface area contributed by atoms with Crippen LogP contribution < -0.4 is 5.32 Å². The Morgan fingerprint density at radius 2 is 2.17 bits per heavy atom. The first-order chi connectivity index (χ1) is 8.54. The minimum absolute atomic E-state index is 0.0281. The van der Waals surface area contributed by atoms with Crippen molar-refractivity contribution in [1.29, 1.82) is 0 Å². The normalized spacial score (nSPS) is 16.6. The molecule has 6 heteroatoms. The van der Waals surface area contributed by atoms with E-state index in [1.165, 1.54) is 19.1 Å². The maximum absolute atomic E-state index is 13.6. The Labute approximate surface area is 102 Å². The standard InChI is InChI=1S/C12H11FN2O3/c1-6(16)14-9-5-3-8(13)7-2-4-10(15-18)12(17)11(7)9/h3,5,18H,2,4H2,1H3,(H,14,16)/b15-10-. The summed E-state index contributed by atoms with van der Waals surface area (Å²) >= 11 is 0. The van der Waals surface area contributed by atoms with Crippen molar-refractivity contribution in [2.24, 2.45) is 5.16 Å². The predicted octanol–water partition coefficient (Wildman–Crippen LogP) is 1.74. The highest BCUT2D eigenvalue weighted by molar-refractivity contribution is 6.48. The van der Waals surface area contributed by atoms with Gasteiger partial charge in [0.25, 0.3) is 0 Å². The second-order valence-electron chi connectivity index (χ2n) is 4.01. The topological polar surface area (TPSA) is 78.8 Å². The van der Waals surface area contributed by atoms with Gasteiger partial charge in [0, 0.05) is 18.9 Å². The molecule has 94 valence electrons. The Hall–Kier alpha value is -2.24. The molecule has 1 aromatic rings. The zero-order chi connectivity index (χ0) is 13.3. The van der Waals surface area contributed by atoms with Crippen LogP contribution in [0.1, 0.15) is 29.3 Å². The average molecular weight is 250 g/mol. The van der Waals surface area contributed by atoms with Crippen LogP contribution in [-0.4, -0.2) is 22.6 Å². The molecule has 0 radical (unpaired) electrons. The van der Waals surface area contributed by atoms with Gasteiger partial charge in [-0.1, -0.05) is 5.16 Å². The summed E-state index contributed by atoms with van der Waals surface area (Å²) in [4.78, 5) is 23.0. The fraction of sp³-hybridized carbons (Fsp3) is 0.250. The Morgan fingerprint density at radius 3 is 2.78 bits per heavy atom. The second-order valence-corrected chi connectivity index (χ2v) is 4.01. The third-order valence-electron chi connectivity index (χ3n) is 2.79. The fourth-order valence-electron chi connectivity index (χ4n) is 2.02. The number of oxime groups is 1. The van der Waals surface area contributed by atoms with E-state index in [4.69, 9.17) is 5.21 Å². The van der Waals surface area contributed by atoms with Crippen molar-refractivity contribution in [3.63, 3.8) is 0 Å². The van der Waals surface area contributed by atoms with Crippen molar-refractivity contribution < 1.29 is 19.2 Å². The number of nitrogens with zero attached hydrogens (tertiary/aromatic N) is 1. The number of fused-ring (bicyclic) bond motifs is 1. The van der Waals surface area contributed by atoms with Gasteiger partial charge in [-0.05, 0) is 18.6 Å². The first kappa shape index (κ1) is 12.2. The lowest BCUT2D eigenvalue weighted by atomic mass is 9.87. The molecule has 0 aliphatic heterocycles. The van der Waals surface area contributed by atoms with E-state index in [2.05, 4.69) is 10.5 Å². The Bertz CT molecular complexity index is 567. The molecule has 1 amide bonds. The Kier molecular flexibility index (Phi) is 3.10. The maximum Gasteiger partial charge on any atom is 0.221 e. The number of anilines is 1. The first-order valence-corrected chi connectivity index (χ1v) is 5.39. The monoisotopic (exact) mass is 250 g/mol. The molecular weight excluding hydrogens is 239 g/mol. The molecule has 2 N–H and O–H groups in total. The van der Waals surface area contributed by atoms with Crippen molar-refractivity contribution in [2.45, 2.75) is 19.8 Å². The predicted molar refractivity (Wildman–Crippen MR) is 62.6 cm³/mol. The molecule has 0 saturated heterocycles. The molecule has 0 saturated carbocycles. The molecule has 0 atom stereocenters. The molecule has 0 fully saturated rings. The molecule has 0 spiro atoms. The van der Waals surface area contributed by atoms with Gasteiger partial charge in [0.15, 0.2) is 0 Å². The van der Waals surface area contributed by atoms with E-state index < -0.39 is 11.6 Å². The Balaban J connectivity index is 2.60. The molecule has 0 unspecified atom stereocenters. The molecule has 1 aliphatic carbocycles. The van der Waals surface area contributed by atoms with Gasteiger partial charge < -0.3 is 10.5 Å². The van der Waals surface area contributed by atoms with Gasteiger partial charge in [-0.2, -0.15) is 0 Å². The summed E-state index contributed by atoms with van der Waals surface area (Å²) in [7, 11) is 0. The lowest BCUT2D eigenvalue weighted by Crippen LogP contribution is -2.25. The van der Waals surface area contributed by atoms with Crippen LogP contribution in [0.3, 0.4) is 0 Å². The van der Waals surface area contributed by atoms with Crippen LogP contribution in [0, 0.1) is 5.82 Å². The number of ketones is 1. The van der Waals surface area contributed by atoms with Gasteiger partial charge in [-0.15, -0.1) is 0 Å². The minimum atomic E-state index is -0.554. The molecule has 0 bridgehead atoms. The van der Waals surface area contributed by atoms with E-state index in [1.54, 1.807) is 0 Å². The molecule has 18 heavy (non-hydrogen) atoms. The molecular formula is C12H11FN2O3. The van der Waals surface area contributed by atoms with Crippen molar-refractivity contribution in [1.82, 2.24) is 0 Å². The van der Waals surface area contributed by atoms with Crippen LogP contribution in [0.2, 0.25) is 0 Å². The first-order valence-electron chi connectivity index (χ1n) is 5.39. The summed E-state index contributed by atoms with van der Waals surface area (Å²) in [5.74, 6) is -1.41. The third kappa shape index (κ3) is 1.97. The molecule has 1 aromatic carbocycles. The SMILES string of the molecule is CC(=O)Nc1ccc(F)c2c1C(=O)/C(=N\O)CC2. The quantitative estimate of drug-likeness (QED) is 0.588. The summed E-state index contributed by atoms with van der Waals surface area (Å²) in [5.41, 5.74) is 0.535. The van der Waals surface area contributed by atoms with E-state index in [0.717, 1.165) is 0 Å². The molecule has 1 aliphatic rings. The summed E-state index contributed by atoms with van der Waals surface area (Å²) in [6.07, 6.45) is 0.447. The van der Waals surface area contributed by atoms with Crippen LogP contribution in [-0.2, 0) is 11.2 Å². The van der Waals surface area contributed by atoms with Crippen LogP contribution in [0.25, 0.3) is 0 Å². The van der Waals surface area contributed by atoms with Gasteiger partial charge in [0.05, 0.1) is 11.3 Å². The largest absolute Gasteiger partial charge is 0.411 e. The lowest BCUT2D eigenvalue weighted by molar-refractivity contribution is -0.114. The van der Waals surface area contributed by atoms with Gasteiger partial charge in [0.1, 0.15) is 11.5 Å². The number of rotatable bonds is 1. The number of carbonyl (C=O) groups excluding carboxylic acids is 2. The highest BCUT2D eigenvalue weighted by Gasteiger charge is 2.29. The van der Waals surface area contributed by atoms with Gasteiger partial charge in [-0.3, -0.25) is 9.59 Å². The molecule has 5 nitrogen and oxygen atoms in total. The highest BCUT2D eigenvalue weighted by Crippen LogP contribution is 2.29. The van der Waals surface area contributed by atoms with Gasteiger partial charge in [-0.25, -0.2) is 4.39 Å². The van der Waals surface area contributed by atoms with Crippen molar-refractivity contribution in [3.8, 4) is 0 Å². The van der Waals surface area contributed by atoms with Crippen LogP contribution in [0.15, 0.2) is 17.3 Å². The zero-order valence-corrected chi connectivity index (χ0v) is 9.66. The van der Waals surface area contributed by atoms with Crippen molar-refractivity contribution in [3.05, 3.63) is 29.1 Å². The number of Topliss-reactive ketones (excluding diaryl/α,β-unsaturated/α-hetero) is 1. The van der Waals surface area contributed by atoms with Crippen LogP contribution in [0.4, 0.5) is 10.1 Å². The van der Waals surface area contributed by atoms with Crippen molar-refractivity contribution in [2.75, 3.05) is 5.32 Å². The number of amides is 1. The van der Waals surface area contributed by atoms with Gasteiger partial charge >= 0.3 is 0 Å². The van der Waals surface area contributed by atoms with E-state index in [9.17, 15) is 14.0 Å². The number of halogens is 1. The molecule has 0 aromatic heterocycles.